The lowest BCUT2D eigenvalue weighted by Crippen LogP contribution is -2.63. The van der Waals surface area contributed by atoms with Gasteiger partial charge in [-0.05, 0) is 32.3 Å². The molecule has 0 spiro atoms. The Morgan fingerprint density at radius 1 is 1.24 bits per heavy atom. The lowest BCUT2D eigenvalue weighted by Gasteiger charge is -2.49. The van der Waals surface area contributed by atoms with E-state index in [1.54, 1.807) is 0 Å². The molecule has 2 nitrogen and oxygen atoms in total. The molecule has 1 saturated heterocycles. The molecule has 1 aliphatic heterocycles. The third-order valence-electron chi connectivity index (χ3n) is 5.52. The maximum Gasteiger partial charge on any atom is 0.0535 e. The molecule has 1 aromatic rings. The number of piperazine rings is 1. The van der Waals surface area contributed by atoms with Crippen LogP contribution < -0.4 is 5.32 Å². The van der Waals surface area contributed by atoms with Crippen LogP contribution in [0.1, 0.15) is 53.0 Å². The van der Waals surface area contributed by atoms with Gasteiger partial charge in [0, 0.05) is 25.2 Å². The van der Waals surface area contributed by atoms with E-state index in [9.17, 15) is 0 Å². The molecule has 21 heavy (non-hydrogen) atoms. The fourth-order valence-electron chi connectivity index (χ4n) is 3.85. The predicted octanol–water partition coefficient (Wildman–Crippen LogP) is 4.02. The Morgan fingerprint density at radius 2 is 1.86 bits per heavy atom. The van der Waals surface area contributed by atoms with Crippen LogP contribution in [-0.2, 0) is 5.54 Å². The highest BCUT2D eigenvalue weighted by molar-refractivity contribution is 5.25. The summed E-state index contributed by atoms with van der Waals surface area (Å²) in [6.07, 6.45) is 2.55. The highest BCUT2D eigenvalue weighted by Crippen LogP contribution is 2.30. The third kappa shape index (κ3) is 3.49. The second-order valence-electron chi connectivity index (χ2n) is 6.92. The zero-order chi connectivity index (χ0) is 15.5. The summed E-state index contributed by atoms with van der Waals surface area (Å²) in [5.74, 6) is 0.797. The normalized spacial score (nSPS) is 28.8. The Morgan fingerprint density at radius 3 is 2.43 bits per heavy atom. The second kappa shape index (κ2) is 6.93. The van der Waals surface area contributed by atoms with Crippen molar-refractivity contribution < 1.29 is 0 Å². The molecule has 1 aromatic carbocycles. The van der Waals surface area contributed by atoms with Crippen molar-refractivity contribution in [2.45, 2.75) is 65.1 Å². The Labute approximate surface area is 130 Å². The van der Waals surface area contributed by atoms with Crippen molar-refractivity contribution in [2.75, 3.05) is 13.1 Å². The Bertz CT molecular complexity index is 426. The summed E-state index contributed by atoms with van der Waals surface area (Å²) in [4.78, 5) is 2.72. The van der Waals surface area contributed by atoms with Crippen LogP contribution in [0.25, 0.3) is 0 Å². The summed E-state index contributed by atoms with van der Waals surface area (Å²) in [5, 5.41) is 3.78. The van der Waals surface area contributed by atoms with E-state index in [2.05, 4.69) is 75.2 Å². The number of benzene rings is 1. The average Bonchev–Trinajstić information content (AvgIpc) is 2.52. The maximum absolute atomic E-state index is 3.78. The van der Waals surface area contributed by atoms with Gasteiger partial charge in [-0.1, -0.05) is 57.0 Å². The minimum Gasteiger partial charge on any atom is -0.305 e. The van der Waals surface area contributed by atoms with Crippen LogP contribution in [0.3, 0.4) is 0 Å². The first-order valence-electron chi connectivity index (χ1n) is 8.58. The summed E-state index contributed by atoms with van der Waals surface area (Å²) in [6, 6.07) is 12.2. The second-order valence-corrected chi connectivity index (χ2v) is 6.92. The SMILES string of the molecule is CCC(CC)C(C)N1CC(C)(c2ccccc2)NCC1C. The highest BCUT2D eigenvalue weighted by atomic mass is 15.3. The predicted molar refractivity (Wildman–Crippen MR) is 91.5 cm³/mol. The summed E-state index contributed by atoms with van der Waals surface area (Å²) in [6.45, 7) is 13.9. The van der Waals surface area contributed by atoms with Gasteiger partial charge in [0.2, 0.25) is 0 Å². The van der Waals surface area contributed by atoms with E-state index in [1.165, 1.54) is 18.4 Å². The largest absolute Gasteiger partial charge is 0.305 e. The van der Waals surface area contributed by atoms with Crippen LogP contribution in [-0.4, -0.2) is 30.1 Å². The van der Waals surface area contributed by atoms with Gasteiger partial charge >= 0.3 is 0 Å². The van der Waals surface area contributed by atoms with E-state index < -0.39 is 0 Å². The molecule has 3 unspecified atom stereocenters. The Hall–Kier alpha value is -0.860. The molecular formula is C19H32N2. The van der Waals surface area contributed by atoms with E-state index in [4.69, 9.17) is 0 Å². The standard InChI is InChI=1S/C19H32N2/c1-6-17(7-2)16(4)21-14-19(5,20-13-15(21)3)18-11-9-8-10-12-18/h8-12,15-17,20H,6-7,13-14H2,1-5H3. The van der Waals surface area contributed by atoms with Crippen molar-refractivity contribution in [2.24, 2.45) is 5.92 Å². The Kier molecular flexibility index (Phi) is 5.45. The molecule has 0 radical (unpaired) electrons. The fraction of sp³-hybridized carbons (Fsp3) is 0.684. The van der Waals surface area contributed by atoms with Crippen LogP contribution in [0.2, 0.25) is 0 Å². The van der Waals surface area contributed by atoms with E-state index in [0.717, 1.165) is 19.0 Å². The van der Waals surface area contributed by atoms with Gasteiger partial charge in [-0.2, -0.15) is 0 Å². The molecule has 3 atom stereocenters. The smallest absolute Gasteiger partial charge is 0.0535 e. The molecule has 0 amide bonds. The van der Waals surface area contributed by atoms with Crippen molar-refractivity contribution in [1.82, 2.24) is 10.2 Å². The fourth-order valence-corrected chi connectivity index (χ4v) is 3.85. The molecule has 1 fully saturated rings. The van der Waals surface area contributed by atoms with Gasteiger partial charge in [0.05, 0.1) is 5.54 Å². The van der Waals surface area contributed by atoms with Crippen molar-refractivity contribution >= 4 is 0 Å². The van der Waals surface area contributed by atoms with Gasteiger partial charge in [-0.15, -0.1) is 0 Å². The molecule has 2 heteroatoms. The van der Waals surface area contributed by atoms with Crippen molar-refractivity contribution in [3.05, 3.63) is 35.9 Å². The first kappa shape index (κ1) is 16.5. The van der Waals surface area contributed by atoms with Crippen molar-refractivity contribution in [3.63, 3.8) is 0 Å². The van der Waals surface area contributed by atoms with Gasteiger partial charge in [0.25, 0.3) is 0 Å². The zero-order valence-corrected chi connectivity index (χ0v) is 14.4. The molecule has 0 aromatic heterocycles. The molecule has 1 N–H and O–H groups in total. The van der Waals surface area contributed by atoms with E-state index in [0.29, 0.717) is 12.1 Å². The van der Waals surface area contributed by atoms with Crippen molar-refractivity contribution in [3.8, 4) is 0 Å². The number of nitrogens with zero attached hydrogens (tertiary/aromatic N) is 1. The van der Waals surface area contributed by atoms with Gasteiger partial charge in [-0.3, -0.25) is 4.90 Å². The van der Waals surface area contributed by atoms with Crippen LogP contribution >= 0.6 is 0 Å². The Balaban J connectivity index is 2.19. The molecule has 0 aliphatic carbocycles. The molecule has 118 valence electrons. The first-order valence-corrected chi connectivity index (χ1v) is 8.58. The van der Waals surface area contributed by atoms with Crippen LogP contribution in [0.5, 0.6) is 0 Å². The van der Waals surface area contributed by atoms with Gasteiger partial charge in [0.15, 0.2) is 0 Å². The average molecular weight is 288 g/mol. The number of hydrogen-bond donors (Lipinski definition) is 1. The quantitative estimate of drug-likeness (QED) is 0.880. The van der Waals surface area contributed by atoms with Gasteiger partial charge in [0.1, 0.15) is 0 Å². The van der Waals surface area contributed by atoms with Crippen LogP contribution in [0.4, 0.5) is 0 Å². The minimum absolute atomic E-state index is 0.0636. The summed E-state index contributed by atoms with van der Waals surface area (Å²) in [5.41, 5.74) is 1.47. The van der Waals surface area contributed by atoms with Crippen LogP contribution in [0, 0.1) is 5.92 Å². The van der Waals surface area contributed by atoms with Crippen molar-refractivity contribution in [1.29, 1.82) is 0 Å². The zero-order valence-electron chi connectivity index (χ0n) is 14.4. The van der Waals surface area contributed by atoms with E-state index in [1.807, 2.05) is 0 Å². The summed E-state index contributed by atoms with van der Waals surface area (Å²) in [7, 11) is 0. The molecule has 0 saturated carbocycles. The molecule has 0 bridgehead atoms. The lowest BCUT2D eigenvalue weighted by atomic mass is 9.85. The summed E-state index contributed by atoms with van der Waals surface area (Å²) < 4.78 is 0. The van der Waals surface area contributed by atoms with E-state index >= 15 is 0 Å². The maximum atomic E-state index is 3.78. The topological polar surface area (TPSA) is 15.3 Å². The third-order valence-corrected chi connectivity index (χ3v) is 5.52. The molecule has 2 rings (SSSR count). The number of nitrogens with one attached hydrogen (secondary N) is 1. The van der Waals surface area contributed by atoms with Gasteiger partial charge < -0.3 is 5.32 Å². The number of hydrogen-bond acceptors (Lipinski definition) is 2. The number of rotatable bonds is 5. The molecule has 1 heterocycles. The minimum atomic E-state index is 0.0636. The van der Waals surface area contributed by atoms with Gasteiger partial charge in [-0.25, -0.2) is 0 Å². The highest BCUT2D eigenvalue weighted by Gasteiger charge is 2.38. The van der Waals surface area contributed by atoms with E-state index in [-0.39, 0.29) is 5.54 Å². The monoisotopic (exact) mass is 288 g/mol. The molecule has 1 aliphatic rings. The molecular weight excluding hydrogens is 256 g/mol. The summed E-state index contributed by atoms with van der Waals surface area (Å²) >= 11 is 0. The first-order chi connectivity index (χ1) is 10.0. The van der Waals surface area contributed by atoms with Crippen LogP contribution in [0.15, 0.2) is 30.3 Å². The lowest BCUT2D eigenvalue weighted by molar-refractivity contribution is 0.0347.